The molecule has 2 aromatic carbocycles. The third-order valence-corrected chi connectivity index (χ3v) is 3.95. The quantitative estimate of drug-likeness (QED) is 0.804. The van der Waals surface area contributed by atoms with Crippen molar-refractivity contribution in [3.05, 3.63) is 53.6 Å². The normalized spacial score (nSPS) is 12.6. The highest BCUT2D eigenvalue weighted by molar-refractivity contribution is 5.98. The van der Waals surface area contributed by atoms with Gasteiger partial charge in [0, 0.05) is 12.1 Å². The Morgan fingerprint density at radius 3 is 2.77 bits per heavy atom. The number of hydrogen-bond acceptors (Lipinski definition) is 5. The van der Waals surface area contributed by atoms with Gasteiger partial charge in [-0.3, -0.25) is 9.59 Å². The molecule has 0 saturated carbocycles. The Morgan fingerprint density at radius 2 is 1.96 bits per heavy atom. The number of rotatable bonds is 5. The number of methoxy groups -OCH3 is 1. The fourth-order valence-corrected chi connectivity index (χ4v) is 2.66. The molecule has 7 nitrogen and oxygen atoms in total. The van der Waals surface area contributed by atoms with Crippen molar-refractivity contribution < 1.29 is 23.9 Å². The van der Waals surface area contributed by atoms with Gasteiger partial charge in [-0.1, -0.05) is 12.1 Å². The summed E-state index contributed by atoms with van der Waals surface area (Å²) in [5.41, 5.74) is 2.41. The zero-order valence-corrected chi connectivity index (χ0v) is 14.2. The molecule has 7 heteroatoms. The SMILES string of the molecule is COc1ccccc1NC(=O)COC(=O)c1ccc2c(c1)CCC(=O)N2. The van der Waals surface area contributed by atoms with E-state index in [1.165, 1.54) is 7.11 Å². The molecule has 0 fully saturated rings. The first kappa shape index (κ1) is 17.5. The first-order chi connectivity index (χ1) is 12.6. The van der Waals surface area contributed by atoms with Crippen LogP contribution in [0, 0.1) is 0 Å². The molecule has 26 heavy (non-hydrogen) atoms. The molecule has 0 aromatic heterocycles. The van der Waals surface area contributed by atoms with Gasteiger partial charge < -0.3 is 20.1 Å². The lowest BCUT2D eigenvalue weighted by Crippen LogP contribution is -2.22. The van der Waals surface area contributed by atoms with Gasteiger partial charge in [0.25, 0.3) is 5.91 Å². The van der Waals surface area contributed by atoms with E-state index in [1.807, 2.05) is 0 Å². The third-order valence-electron chi connectivity index (χ3n) is 3.95. The molecule has 0 aliphatic carbocycles. The predicted octanol–water partition coefficient (Wildman–Crippen LogP) is 2.38. The summed E-state index contributed by atoms with van der Waals surface area (Å²) < 4.78 is 10.2. The molecule has 1 aliphatic heterocycles. The maximum Gasteiger partial charge on any atom is 0.338 e. The van der Waals surface area contributed by atoms with Gasteiger partial charge in [0.1, 0.15) is 5.75 Å². The third kappa shape index (κ3) is 4.00. The fourth-order valence-electron chi connectivity index (χ4n) is 2.66. The van der Waals surface area contributed by atoms with E-state index in [1.54, 1.807) is 42.5 Å². The highest BCUT2D eigenvalue weighted by atomic mass is 16.5. The molecule has 134 valence electrons. The monoisotopic (exact) mass is 354 g/mol. The summed E-state index contributed by atoms with van der Waals surface area (Å²) in [4.78, 5) is 35.5. The zero-order valence-electron chi connectivity index (χ0n) is 14.2. The number of carbonyl (C=O) groups excluding carboxylic acids is 3. The summed E-state index contributed by atoms with van der Waals surface area (Å²) >= 11 is 0. The van der Waals surface area contributed by atoms with Gasteiger partial charge in [0.15, 0.2) is 6.61 Å². The number of benzene rings is 2. The highest BCUT2D eigenvalue weighted by Crippen LogP contribution is 2.24. The number of anilines is 2. The second kappa shape index (κ2) is 7.69. The average Bonchev–Trinajstić information content (AvgIpc) is 2.66. The summed E-state index contributed by atoms with van der Waals surface area (Å²) in [6, 6.07) is 11.9. The minimum atomic E-state index is -0.597. The van der Waals surface area contributed by atoms with Crippen LogP contribution in [0.25, 0.3) is 0 Å². The van der Waals surface area contributed by atoms with Crippen LogP contribution < -0.4 is 15.4 Å². The number of ether oxygens (including phenoxy) is 2. The van der Waals surface area contributed by atoms with E-state index in [2.05, 4.69) is 10.6 Å². The minimum Gasteiger partial charge on any atom is -0.495 e. The zero-order chi connectivity index (χ0) is 18.5. The first-order valence-electron chi connectivity index (χ1n) is 8.09. The maximum atomic E-state index is 12.2. The van der Waals surface area contributed by atoms with Gasteiger partial charge >= 0.3 is 5.97 Å². The lowest BCUT2D eigenvalue weighted by molar-refractivity contribution is -0.119. The molecular formula is C19H18N2O5. The molecule has 0 saturated heterocycles. The van der Waals surface area contributed by atoms with Crippen molar-refractivity contribution >= 4 is 29.2 Å². The topological polar surface area (TPSA) is 93.7 Å². The van der Waals surface area contributed by atoms with Gasteiger partial charge in [-0.05, 0) is 42.3 Å². The molecule has 2 N–H and O–H groups in total. The van der Waals surface area contributed by atoms with Gasteiger partial charge in [0.2, 0.25) is 5.91 Å². The van der Waals surface area contributed by atoms with Crippen molar-refractivity contribution in [3.8, 4) is 5.75 Å². The molecular weight excluding hydrogens is 336 g/mol. The van der Waals surface area contributed by atoms with Crippen molar-refractivity contribution in [3.63, 3.8) is 0 Å². The number of carbonyl (C=O) groups is 3. The van der Waals surface area contributed by atoms with Crippen LogP contribution >= 0.6 is 0 Å². The molecule has 0 unspecified atom stereocenters. The Morgan fingerprint density at radius 1 is 1.15 bits per heavy atom. The van der Waals surface area contributed by atoms with Crippen LogP contribution in [0.4, 0.5) is 11.4 Å². The summed E-state index contributed by atoms with van der Waals surface area (Å²) in [6.45, 7) is -0.412. The maximum absolute atomic E-state index is 12.2. The van der Waals surface area contributed by atoms with Crippen LogP contribution in [0.15, 0.2) is 42.5 Å². The number of fused-ring (bicyclic) bond motifs is 1. The van der Waals surface area contributed by atoms with Gasteiger partial charge in [0.05, 0.1) is 18.4 Å². The number of aryl methyl sites for hydroxylation is 1. The molecule has 3 rings (SSSR count). The van der Waals surface area contributed by atoms with Crippen molar-refractivity contribution in [2.75, 3.05) is 24.4 Å². The van der Waals surface area contributed by atoms with E-state index < -0.39 is 18.5 Å². The molecule has 1 aliphatic rings. The van der Waals surface area contributed by atoms with E-state index >= 15 is 0 Å². The Balaban J connectivity index is 1.58. The van der Waals surface area contributed by atoms with E-state index in [9.17, 15) is 14.4 Å². The average molecular weight is 354 g/mol. The van der Waals surface area contributed by atoms with Crippen LogP contribution in [0.5, 0.6) is 5.75 Å². The summed E-state index contributed by atoms with van der Waals surface area (Å²) in [5.74, 6) is -0.585. The van der Waals surface area contributed by atoms with Crippen molar-refractivity contribution in [2.24, 2.45) is 0 Å². The van der Waals surface area contributed by atoms with E-state index in [-0.39, 0.29) is 5.91 Å². The van der Waals surface area contributed by atoms with Crippen molar-refractivity contribution in [1.29, 1.82) is 0 Å². The molecule has 0 radical (unpaired) electrons. The van der Waals surface area contributed by atoms with Crippen LogP contribution in [0.1, 0.15) is 22.3 Å². The second-order valence-corrected chi connectivity index (χ2v) is 5.74. The smallest absolute Gasteiger partial charge is 0.338 e. The lowest BCUT2D eigenvalue weighted by Gasteiger charge is -2.17. The highest BCUT2D eigenvalue weighted by Gasteiger charge is 2.18. The van der Waals surface area contributed by atoms with Gasteiger partial charge in [-0.2, -0.15) is 0 Å². The molecule has 1 heterocycles. The summed E-state index contributed by atoms with van der Waals surface area (Å²) in [7, 11) is 1.50. The van der Waals surface area contributed by atoms with Crippen LogP contribution in [-0.4, -0.2) is 31.5 Å². The van der Waals surface area contributed by atoms with Crippen molar-refractivity contribution in [2.45, 2.75) is 12.8 Å². The van der Waals surface area contributed by atoms with E-state index in [0.717, 1.165) is 5.56 Å². The van der Waals surface area contributed by atoms with E-state index in [4.69, 9.17) is 9.47 Å². The Kier molecular flexibility index (Phi) is 5.17. The number of para-hydroxylation sites is 2. The molecule has 0 spiro atoms. The fraction of sp³-hybridized carbons (Fsp3) is 0.211. The van der Waals surface area contributed by atoms with Gasteiger partial charge in [-0.15, -0.1) is 0 Å². The number of nitrogens with one attached hydrogen (secondary N) is 2. The van der Waals surface area contributed by atoms with Crippen LogP contribution in [-0.2, 0) is 20.7 Å². The number of esters is 1. The molecule has 2 aromatic rings. The number of hydrogen-bond donors (Lipinski definition) is 2. The molecule has 0 atom stereocenters. The predicted molar refractivity (Wildman–Crippen MR) is 95.3 cm³/mol. The van der Waals surface area contributed by atoms with Gasteiger partial charge in [-0.25, -0.2) is 4.79 Å². The molecule has 0 bridgehead atoms. The van der Waals surface area contributed by atoms with Crippen molar-refractivity contribution in [1.82, 2.24) is 0 Å². The molecule has 2 amide bonds. The first-order valence-corrected chi connectivity index (χ1v) is 8.09. The van der Waals surface area contributed by atoms with E-state index in [0.29, 0.717) is 35.5 Å². The van der Waals surface area contributed by atoms with Crippen LogP contribution in [0.3, 0.4) is 0 Å². The van der Waals surface area contributed by atoms with Crippen LogP contribution in [0.2, 0.25) is 0 Å². The Bertz CT molecular complexity index is 863. The second-order valence-electron chi connectivity index (χ2n) is 5.74. The largest absolute Gasteiger partial charge is 0.495 e. The summed E-state index contributed by atoms with van der Waals surface area (Å²) in [6.07, 6.45) is 0.948. The standard InChI is InChI=1S/C19H18N2O5/c1-25-16-5-3-2-4-15(16)21-18(23)11-26-19(24)13-6-8-14-12(10-13)7-9-17(22)20-14/h2-6,8,10H,7,9,11H2,1H3,(H,20,22)(H,21,23). The minimum absolute atomic E-state index is 0.0409. The Hall–Kier alpha value is -3.35. The Labute approximate surface area is 150 Å². The number of amides is 2. The summed E-state index contributed by atoms with van der Waals surface area (Å²) in [5, 5.41) is 5.38. The lowest BCUT2D eigenvalue weighted by atomic mass is 10.0.